The molecule has 7 nitrogen and oxygen atoms in total. The molecule has 41 heavy (non-hydrogen) atoms. The van der Waals surface area contributed by atoms with Crippen LogP contribution in [-0.2, 0) is 26.2 Å². The molecule has 0 aliphatic heterocycles. The van der Waals surface area contributed by atoms with Crippen molar-refractivity contribution in [3.8, 4) is 0 Å². The predicted molar refractivity (Wildman–Crippen MR) is 159 cm³/mol. The van der Waals surface area contributed by atoms with E-state index >= 15 is 0 Å². The molecule has 10 heteroatoms. The number of amides is 2. The summed E-state index contributed by atoms with van der Waals surface area (Å²) in [6, 6.07) is 15.9. The summed E-state index contributed by atoms with van der Waals surface area (Å²) in [4.78, 5) is 28.6. The Morgan fingerprint density at radius 2 is 1.63 bits per heavy atom. The highest BCUT2D eigenvalue weighted by Crippen LogP contribution is 2.29. The molecule has 1 fully saturated rings. The first kappa shape index (κ1) is 30.5. The molecule has 2 amide bonds. The molecule has 1 atom stereocenters. The first-order valence-electron chi connectivity index (χ1n) is 13.7. The lowest BCUT2D eigenvalue weighted by Crippen LogP contribution is -2.52. The van der Waals surface area contributed by atoms with Crippen LogP contribution in [0.2, 0.25) is 5.02 Å². The average Bonchev–Trinajstić information content (AvgIpc) is 3.45. The van der Waals surface area contributed by atoms with Crippen LogP contribution in [0.15, 0.2) is 71.6 Å². The molecule has 3 aromatic rings. The van der Waals surface area contributed by atoms with Gasteiger partial charge in [-0.3, -0.25) is 13.9 Å². The van der Waals surface area contributed by atoms with Crippen molar-refractivity contribution in [2.24, 2.45) is 0 Å². The number of halogens is 2. The number of aryl methyl sites for hydroxylation is 2. The van der Waals surface area contributed by atoms with Gasteiger partial charge in [0.25, 0.3) is 10.0 Å². The molecular weight excluding hydrogens is 565 g/mol. The van der Waals surface area contributed by atoms with Gasteiger partial charge in [0.05, 0.1) is 10.6 Å². The lowest BCUT2D eigenvalue weighted by atomic mass is 10.1. The summed E-state index contributed by atoms with van der Waals surface area (Å²) in [6.07, 6.45) is 3.81. The van der Waals surface area contributed by atoms with Crippen LogP contribution in [0.5, 0.6) is 0 Å². The van der Waals surface area contributed by atoms with E-state index in [0.717, 1.165) is 41.1 Å². The summed E-state index contributed by atoms with van der Waals surface area (Å²) in [5, 5.41) is 3.38. The second-order valence-corrected chi connectivity index (χ2v) is 12.8. The summed E-state index contributed by atoms with van der Waals surface area (Å²) in [5.41, 5.74) is 2.47. The zero-order valence-corrected chi connectivity index (χ0v) is 25.0. The number of rotatable bonds is 10. The van der Waals surface area contributed by atoms with Crippen LogP contribution in [0.3, 0.4) is 0 Å². The number of hydrogen-bond acceptors (Lipinski definition) is 4. The fraction of sp³-hybridized carbons (Fsp3) is 0.355. The van der Waals surface area contributed by atoms with E-state index in [1.165, 1.54) is 47.4 Å². The van der Waals surface area contributed by atoms with Gasteiger partial charge in [0.15, 0.2) is 0 Å². The second-order valence-electron chi connectivity index (χ2n) is 10.6. The highest BCUT2D eigenvalue weighted by Gasteiger charge is 2.33. The number of nitrogens with zero attached hydrogens (tertiary/aromatic N) is 2. The van der Waals surface area contributed by atoms with Crippen molar-refractivity contribution in [3.05, 3.63) is 94.3 Å². The van der Waals surface area contributed by atoms with Gasteiger partial charge in [0.1, 0.15) is 18.4 Å². The van der Waals surface area contributed by atoms with Gasteiger partial charge in [-0.05, 0) is 81.1 Å². The summed E-state index contributed by atoms with van der Waals surface area (Å²) >= 11 is 6.37. The lowest BCUT2D eigenvalue weighted by Gasteiger charge is -2.32. The van der Waals surface area contributed by atoms with Crippen molar-refractivity contribution in [2.75, 3.05) is 10.8 Å². The number of benzene rings is 3. The molecule has 0 aromatic heterocycles. The summed E-state index contributed by atoms with van der Waals surface area (Å²) in [6.45, 7) is 4.68. The molecule has 0 spiro atoms. The summed E-state index contributed by atoms with van der Waals surface area (Å²) in [7, 11) is -4.20. The van der Waals surface area contributed by atoms with Crippen molar-refractivity contribution in [2.45, 2.75) is 70.0 Å². The van der Waals surface area contributed by atoms with Crippen molar-refractivity contribution < 1.29 is 22.4 Å². The minimum atomic E-state index is -4.20. The van der Waals surface area contributed by atoms with Gasteiger partial charge in [-0.15, -0.1) is 0 Å². The fourth-order valence-electron chi connectivity index (χ4n) is 4.86. The van der Waals surface area contributed by atoms with Gasteiger partial charge in [-0.2, -0.15) is 0 Å². The number of sulfonamides is 1. The van der Waals surface area contributed by atoms with E-state index in [9.17, 15) is 22.4 Å². The molecule has 0 unspecified atom stereocenters. The van der Waals surface area contributed by atoms with Crippen LogP contribution >= 0.6 is 11.6 Å². The maximum atomic E-state index is 14.0. The van der Waals surface area contributed by atoms with E-state index in [-0.39, 0.29) is 29.1 Å². The molecule has 0 bridgehead atoms. The molecule has 1 aliphatic carbocycles. The average molecular weight is 600 g/mol. The van der Waals surface area contributed by atoms with Crippen LogP contribution in [0, 0.1) is 19.7 Å². The Balaban J connectivity index is 1.70. The SMILES string of the molecule is Cc1ccc(S(=O)(=O)N(CC(=O)N(Cc2ccc(F)cc2)[C@H](C)C(=O)NC2CCCC2)c2ccc(C)c(Cl)c2)cc1. The Labute approximate surface area is 246 Å². The van der Waals surface area contributed by atoms with Gasteiger partial charge in [-0.25, -0.2) is 12.8 Å². The Hall–Kier alpha value is -3.43. The van der Waals surface area contributed by atoms with E-state index < -0.39 is 34.3 Å². The number of carbonyl (C=O) groups is 2. The molecule has 0 saturated heterocycles. The van der Waals surface area contributed by atoms with Gasteiger partial charge in [-0.1, -0.05) is 60.3 Å². The van der Waals surface area contributed by atoms with Gasteiger partial charge in [0, 0.05) is 17.6 Å². The maximum absolute atomic E-state index is 14.0. The Kier molecular flexibility index (Phi) is 9.71. The predicted octanol–water partition coefficient (Wildman–Crippen LogP) is 5.77. The third kappa shape index (κ3) is 7.45. The third-order valence-corrected chi connectivity index (χ3v) is 9.66. The summed E-state index contributed by atoms with van der Waals surface area (Å²) in [5.74, 6) is -1.33. The highest BCUT2D eigenvalue weighted by atomic mass is 35.5. The maximum Gasteiger partial charge on any atom is 0.264 e. The van der Waals surface area contributed by atoms with Gasteiger partial charge in [0.2, 0.25) is 11.8 Å². The second kappa shape index (κ2) is 13.0. The minimum Gasteiger partial charge on any atom is -0.352 e. The Morgan fingerprint density at radius 3 is 2.24 bits per heavy atom. The molecule has 0 radical (unpaired) electrons. The lowest BCUT2D eigenvalue weighted by molar-refractivity contribution is -0.139. The van der Waals surface area contributed by atoms with E-state index in [1.54, 1.807) is 38.1 Å². The highest BCUT2D eigenvalue weighted by molar-refractivity contribution is 7.92. The van der Waals surface area contributed by atoms with Crippen LogP contribution in [0.25, 0.3) is 0 Å². The Bertz CT molecular complexity index is 1490. The molecule has 3 aromatic carbocycles. The van der Waals surface area contributed by atoms with Crippen LogP contribution < -0.4 is 9.62 Å². The fourth-order valence-corrected chi connectivity index (χ4v) is 6.44. The van der Waals surface area contributed by atoms with Crippen LogP contribution in [-0.4, -0.2) is 43.8 Å². The zero-order chi connectivity index (χ0) is 29.7. The van der Waals surface area contributed by atoms with Crippen molar-refractivity contribution in [3.63, 3.8) is 0 Å². The van der Waals surface area contributed by atoms with Gasteiger partial charge >= 0.3 is 0 Å². The van der Waals surface area contributed by atoms with Crippen molar-refractivity contribution in [1.29, 1.82) is 0 Å². The van der Waals surface area contributed by atoms with Crippen LogP contribution in [0.4, 0.5) is 10.1 Å². The number of nitrogens with one attached hydrogen (secondary N) is 1. The quantitative estimate of drug-likeness (QED) is 0.321. The van der Waals surface area contributed by atoms with Crippen molar-refractivity contribution >= 4 is 39.1 Å². The number of anilines is 1. The van der Waals surface area contributed by atoms with E-state index in [0.29, 0.717) is 10.6 Å². The first-order chi connectivity index (χ1) is 19.5. The van der Waals surface area contributed by atoms with Gasteiger partial charge < -0.3 is 10.2 Å². The molecule has 4 rings (SSSR count). The van der Waals surface area contributed by atoms with E-state index in [2.05, 4.69) is 5.32 Å². The van der Waals surface area contributed by atoms with Crippen LogP contribution in [0.1, 0.15) is 49.3 Å². The smallest absolute Gasteiger partial charge is 0.264 e. The molecule has 1 saturated carbocycles. The molecular formula is C31H35ClFN3O4S. The standard InChI is InChI=1S/C31H35ClFN3O4S/c1-21-8-16-28(17-9-21)41(39,40)36(27-15-10-22(2)29(32)18-27)20-30(37)35(19-24-11-13-25(33)14-12-24)23(3)31(38)34-26-6-4-5-7-26/h8-18,23,26H,4-7,19-20H2,1-3H3,(H,34,38)/t23-/m1/s1. The molecule has 0 heterocycles. The molecule has 218 valence electrons. The summed E-state index contributed by atoms with van der Waals surface area (Å²) < 4.78 is 42.5. The number of carbonyl (C=O) groups excluding carboxylic acids is 2. The normalized spacial score (nSPS) is 14.5. The van der Waals surface area contributed by atoms with E-state index in [1.807, 2.05) is 6.92 Å². The number of hydrogen-bond donors (Lipinski definition) is 1. The Morgan fingerprint density at radius 1 is 1.00 bits per heavy atom. The van der Waals surface area contributed by atoms with Crippen molar-refractivity contribution in [1.82, 2.24) is 10.2 Å². The molecule has 1 N–H and O–H groups in total. The first-order valence-corrected chi connectivity index (χ1v) is 15.5. The topological polar surface area (TPSA) is 86.8 Å². The minimum absolute atomic E-state index is 0.00849. The van der Waals surface area contributed by atoms with E-state index in [4.69, 9.17) is 11.6 Å². The third-order valence-electron chi connectivity index (χ3n) is 7.47. The molecule has 1 aliphatic rings. The largest absolute Gasteiger partial charge is 0.352 e. The monoisotopic (exact) mass is 599 g/mol. The zero-order valence-electron chi connectivity index (χ0n) is 23.4.